The Morgan fingerprint density at radius 3 is 2.76 bits per heavy atom. The number of piperidine rings is 1. The van der Waals surface area contributed by atoms with E-state index < -0.39 is 0 Å². The Morgan fingerprint density at radius 1 is 1.43 bits per heavy atom. The molecular weight excluding hydrogens is 288 g/mol. The molecule has 0 aliphatic carbocycles. The fraction of sp³-hybridized carbons (Fsp3) is 0.733. The average Bonchev–Trinajstić information content (AvgIpc) is 2.73. The van der Waals surface area contributed by atoms with Crippen molar-refractivity contribution in [1.82, 2.24) is 20.0 Å². The second-order valence-electron chi connectivity index (χ2n) is 5.65. The van der Waals surface area contributed by atoms with Crippen LogP contribution in [0.5, 0.6) is 0 Å². The molecule has 0 spiro atoms. The number of aromatic nitrogens is 2. The first-order chi connectivity index (χ1) is 9.58. The van der Waals surface area contributed by atoms with Crippen LogP contribution < -0.4 is 5.32 Å². The van der Waals surface area contributed by atoms with Crippen molar-refractivity contribution in [3.05, 3.63) is 17.0 Å². The second kappa shape index (κ2) is 7.80. The quantitative estimate of drug-likeness (QED) is 0.926. The number of rotatable bonds is 4. The molecule has 6 heteroatoms. The van der Waals surface area contributed by atoms with Gasteiger partial charge >= 0.3 is 0 Å². The first-order valence-corrected chi connectivity index (χ1v) is 7.59. The lowest BCUT2D eigenvalue weighted by atomic mass is 10.0. The third-order valence-corrected chi connectivity index (χ3v) is 4.15. The molecule has 1 atom stereocenters. The van der Waals surface area contributed by atoms with Crippen molar-refractivity contribution in [1.29, 1.82) is 0 Å². The standard InChI is InChI=1S/C15H26N4O.ClH/c1-5-8-19-12(3)14(11(2)17-19)15(20)18-9-6-7-13(10-18)16-4;/h13,16H,5-10H2,1-4H3;1H. The van der Waals surface area contributed by atoms with E-state index in [1.165, 1.54) is 0 Å². The van der Waals surface area contributed by atoms with Gasteiger partial charge in [-0.3, -0.25) is 9.48 Å². The number of amides is 1. The summed E-state index contributed by atoms with van der Waals surface area (Å²) in [6, 6.07) is 0.416. The maximum atomic E-state index is 12.8. The first-order valence-electron chi connectivity index (χ1n) is 7.59. The lowest BCUT2D eigenvalue weighted by Gasteiger charge is -2.32. The Hall–Kier alpha value is -1.07. The molecule has 21 heavy (non-hydrogen) atoms. The van der Waals surface area contributed by atoms with Crippen molar-refractivity contribution >= 4 is 18.3 Å². The molecule has 1 aromatic heterocycles. The van der Waals surface area contributed by atoms with Gasteiger partial charge in [-0.2, -0.15) is 5.10 Å². The van der Waals surface area contributed by atoms with Gasteiger partial charge in [-0.15, -0.1) is 12.4 Å². The van der Waals surface area contributed by atoms with Gasteiger partial charge < -0.3 is 10.2 Å². The summed E-state index contributed by atoms with van der Waals surface area (Å²) >= 11 is 0. The summed E-state index contributed by atoms with van der Waals surface area (Å²) in [5.41, 5.74) is 2.66. The predicted molar refractivity (Wildman–Crippen MR) is 87.2 cm³/mol. The van der Waals surface area contributed by atoms with Crippen molar-refractivity contribution in [2.45, 2.75) is 52.6 Å². The van der Waals surface area contributed by atoms with Crippen molar-refractivity contribution in [3.8, 4) is 0 Å². The molecule has 2 rings (SSSR count). The Labute approximate surface area is 133 Å². The zero-order valence-electron chi connectivity index (χ0n) is 13.5. The number of nitrogens with zero attached hydrogens (tertiary/aromatic N) is 3. The molecule has 2 heterocycles. The SMILES string of the molecule is CCCn1nc(C)c(C(=O)N2CCCC(NC)C2)c1C.Cl. The van der Waals surface area contributed by atoms with Crippen LogP contribution in [0.1, 0.15) is 47.9 Å². The Balaban J connectivity index is 0.00000220. The lowest BCUT2D eigenvalue weighted by molar-refractivity contribution is 0.0696. The van der Waals surface area contributed by atoms with Gasteiger partial charge in [0.05, 0.1) is 11.3 Å². The van der Waals surface area contributed by atoms with E-state index in [1.807, 2.05) is 30.5 Å². The summed E-state index contributed by atoms with van der Waals surface area (Å²) in [6.45, 7) is 8.59. The zero-order chi connectivity index (χ0) is 14.7. The van der Waals surface area contributed by atoms with Gasteiger partial charge in [0.2, 0.25) is 0 Å². The summed E-state index contributed by atoms with van der Waals surface area (Å²) < 4.78 is 1.96. The van der Waals surface area contributed by atoms with E-state index in [-0.39, 0.29) is 18.3 Å². The summed E-state index contributed by atoms with van der Waals surface area (Å²) in [6.07, 6.45) is 3.24. The first kappa shape index (κ1) is 18.0. The van der Waals surface area contributed by atoms with Crippen molar-refractivity contribution in [2.24, 2.45) is 0 Å². The molecule has 120 valence electrons. The second-order valence-corrected chi connectivity index (χ2v) is 5.65. The Bertz CT molecular complexity index is 486. The van der Waals surface area contributed by atoms with Crippen molar-refractivity contribution < 1.29 is 4.79 Å². The monoisotopic (exact) mass is 314 g/mol. The highest BCUT2D eigenvalue weighted by Crippen LogP contribution is 2.19. The van der Waals surface area contributed by atoms with Crippen LogP contribution in [0.3, 0.4) is 0 Å². The molecular formula is C15H27ClN4O. The molecule has 1 aliphatic heterocycles. The number of likely N-dealkylation sites (tertiary alicyclic amines) is 1. The molecule has 1 unspecified atom stereocenters. The minimum atomic E-state index is 0. The van der Waals surface area contributed by atoms with Crippen LogP contribution in [-0.2, 0) is 6.54 Å². The van der Waals surface area contributed by atoms with Crippen LogP contribution in [0.15, 0.2) is 0 Å². The third-order valence-electron chi connectivity index (χ3n) is 4.15. The number of likely N-dealkylation sites (N-methyl/N-ethyl adjacent to an activating group) is 1. The van der Waals surface area contributed by atoms with Gasteiger partial charge in [0.25, 0.3) is 5.91 Å². The topological polar surface area (TPSA) is 50.2 Å². The van der Waals surface area contributed by atoms with E-state index in [2.05, 4.69) is 17.3 Å². The van der Waals surface area contributed by atoms with E-state index in [9.17, 15) is 4.79 Å². The van der Waals surface area contributed by atoms with Gasteiger partial charge in [-0.05, 0) is 40.2 Å². The van der Waals surface area contributed by atoms with Gasteiger partial charge in [0.1, 0.15) is 0 Å². The van der Waals surface area contributed by atoms with Gasteiger partial charge in [0.15, 0.2) is 0 Å². The minimum Gasteiger partial charge on any atom is -0.337 e. The third kappa shape index (κ3) is 3.77. The van der Waals surface area contributed by atoms with E-state index in [0.29, 0.717) is 6.04 Å². The molecule has 0 bridgehead atoms. The van der Waals surface area contributed by atoms with Crippen LogP contribution in [0.2, 0.25) is 0 Å². The minimum absolute atomic E-state index is 0. The fourth-order valence-corrected chi connectivity index (χ4v) is 2.99. The highest BCUT2D eigenvalue weighted by molar-refractivity contribution is 5.96. The summed E-state index contributed by atoms with van der Waals surface area (Å²) in [5, 5.41) is 7.79. The molecule has 5 nitrogen and oxygen atoms in total. The summed E-state index contributed by atoms with van der Waals surface area (Å²) in [4.78, 5) is 14.7. The molecule has 1 N–H and O–H groups in total. The molecule has 0 aromatic carbocycles. The van der Waals surface area contributed by atoms with E-state index >= 15 is 0 Å². The highest BCUT2D eigenvalue weighted by Gasteiger charge is 2.27. The smallest absolute Gasteiger partial charge is 0.257 e. The normalized spacial score (nSPS) is 18.5. The predicted octanol–water partition coefficient (Wildman–Crippen LogP) is 2.16. The van der Waals surface area contributed by atoms with Gasteiger partial charge in [0, 0.05) is 31.4 Å². The molecule has 0 saturated carbocycles. The van der Waals surface area contributed by atoms with Crippen molar-refractivity contribution in [3.63, 3.8) is 0 Å². The molecule has 1 aliphatic rings. The Morgan fingerprint density at radius 2 is 2.14 bits per heavy atom. The number of hydrogen-bond acceptors (Lipinski definition) is 3. The average molecular weight is 315 g/mol. The van der Waals surface area contributed by atoms with Crippen LogP contribution >= 0.6 is 12.4 Å². The number of hydrogen-bond donors (Lipinski definition) is 1. The molecule has 0 radical (unpaired) electrons. The lowest BCUT2D eigenvalue weighted by Crippen LogP contribution is -2.47. The number of halogens is 1. The number of carbonyl (C=O) groups excluding carboxylic acids is 1. The fourth-order valence-electron chi connectivity index (χ4n) is 2.99. The Kier molecular flexibility index (Phi) is 6.68. The maximum absolute atomic E-state index is 12.8. The van der Waals surface area contributed by atoms with Gasteiger partial charge in [-0.1, -0.05) is 6.92 Å². The number of aryl methyl sites for hydroxylation is 2. The van der Waals surface area contributed by atoms with Crippen LogP contribution in [0.4, 0.5) is 0 Å². The van der Waals surface area contributed by atoms with Crippen LogP contribution in [-0.4, -0.2) is 46.8 Å². The molecule has 1 amide bonds. The molecule has 1 saturated heterocycles. The molecule has 1 aromatic rings. The summed E-state index contributed by atoms with van der Waals surface area (Å²) in [5.74, 6) is 0.141. The van der Waals surface area contributed by atoms with Crippen LogP contribution in [0, 0.1) is 13.8 Å². The van der Waals surface area contributed by atoms with Crippen molar-refractivity contribution in [2.75, 3.05) is 20.1 Å². The molecule has 1 fully saturated rings. The highest BCUT2D eigenvalue weighted by atomic mass is 35.5. The van der Waals surface area contributed by atoms with E-state index in [4.69, 9.17) is 0 Å². The number of nitrogens with one attached hydrogen (secondary N) is 1. The van der Waals surface area contributed by atoms with E-state index in [1.54, 1.807) is 0 Å². The zero-order valence-corrected chi connectivity index (χ0v) is 14.3. The van der Waals surface area contributed by atoms with Gasteiger partial charge in [-0.25, -0.2) is 0 Å². The van der Waals surface area contributed by atoms with Crippen LogP contribution in [0.25, 0.3) is 0 Å². The maximum Gasteiger partial charge on any atom is 0.257 e. The largest absolute Gasteiger partial charge is 0.337 e. The summed E-state index contributed by atoms with van der Waals surface area (Å²) in [7, 11) is 1.97. The number of carbonyl (C=O) groups is 1. The van der Waals surface area contributed by atoms with E-state index in [0.717, 1.165) is 55.8 Å².